The van der Waals surface area contributed by atoms with Gasteiger partial charge in [0.05, 0.1) is 5.60 Å². The lowest BCUT2D eigenvalue weighted by atomic mass is 9.95. The Balaban J connectivity index is 2.05. The zero-order valence-electron chi connectivity index (χ0n) is 7.76. The highest BCUT2D eigenvalue weighted by Crippen LogP contribution is 2.33. The first kappa shape index (κ1) is 10.0. The monoisotopic (exact) mass is 172 g/mol. The first-order valence-electron chi connectivity index (χ1n) is 5.10. The summed E-state index contributed by atoms with van der Waals surface area (Å²) < 4.78 is 0. The predicted octanol–water partition coefficient (Wildman–Crippen LogP) is 1.84. The molecule has 72 valence electrons. The van der Waals surface area contributed by atoms with Crippen molar-refractivity contribution < 1.29 is 10.2 Å². The van der Waals surface area contributed by atoms with Gasteiger partial charge in [-0.3, -0.25) is 0 Å². The van der Waals surface area contributed by atoms with E-state index < -0.39 is 0 Å². The Kier molecular flexibility index (Phi) is 4.02. The number of unbranched alkanes of at least 4 members (excludes halogenated alkanes) is 2. The van der Waals surface area contributed by atoms with Gasteiger partial charge < -0.3 is 10.2 Å². The van der Waals surface area contributed by atoms with E-state index in [-0.39, 0.29) is 5.60 Å². The fourth-order valence-electron chi connectivity index (χ4n) is 2.03. The van der Waals surface area contributed by atoms with Crippen molar-refractivity contribution in [2.75, 3.05) is 6.61 Å². The molecular formula is C10H20O2. The number of hydrogen-bond acceptors (Lipinski definition) is 2. The third-order valence-corrected chi connectivity index (χ3v) is 2.83. The van der Waals surface area contributed by atoms with Gasteiger partial charge >= 0.3 is 0 Å². The van der Waals surface area contributed by atoms with E-state index in [0.717, 1.165) is 38.5 Å². The molecule has 0 amide bonds. The molecule has 2 heteroatoms. The Bertz CT molecular complexity index is 117. The molecule has 0 aromatic rings. The lowest BCUT2D eigenvalue weighted by Crippen LogP contribution is -2.23. The molecule has 1 fully saturated rings. The minimum atomic E-state index is -0.338. The van der Waals surface area contributed by atoms with Gasteiger partial charge in [0, 0.05) is 6.61 Å². The second-order valence-electron chi connectivity index (χ2n) is 3.97. The Morgan fingerprint density at radius 1 is 1.00 bits per heavy atom. The topological polar surface area (TPSA) is 40.5 Å². The predicted molar refractivity (Wildman–Crippen MR) is 49.0 cm³/mol. The maximum Gasteiger partial charge on any atom is 0.0647 e. The highest BCUT2D eigenvalue weighted by Gasteiger charge is 2.29. The summed E-state index contributed by atoms with van der Waals surface area (Å²) in [6, 6.07) is 0. The molecule has 1 aliphatic rings. The summed E-state index contributed by atoms with van der Waals surface area (Å²) in [5, 5.41) is 18.5. The van der Waals surface area contributed by atoms with Crippen LogP contribution in [0, 0.1) is 0 Å². The molecule has 0 saturated heterocycles. The van der Waals surface area contributed by atoms with Crippen LogP contribution < -0.4 is 0 Å². The molecule has 12 heavy (non-hydrogen) atoms. The van der Waals surface area contributed by atoms with Crippen LogP contribution in [0.3, 0.4) is 0 Å². The van der Waals surface area contributed by atoms with E-state index in [1.807, 2.05) is 0 Å². The lowest BCUT2D eigenvalue weighted by Gasteiger charge is -2.21. The summed E-state index contributed by atoms with van der Waals surface area (Å²) in [5.41, 5.74) is -0.338. The van der Waals surface area contributed by atoms with E-state index in [2.05, 4.69) is 0 Å². The van der Waals surface area contributed by atoms with E-state index in [1.165, 1.54) is 12.8 Å². The van der Waals surface area contributed by atoms with Gasteiger partial charge in [-0.1, -0.05) is 25.7 Å². The molecular weight excluding hydrogens is 152 g/mol. The fourth-order valence-corrected chi connectivity index (χ4v) is 2.03. The van der Waals surface area contributed by atoms with Crippen molar-refractivity contribution in [2.45, 2.75) is 57.0 Å². The highest BCUT2D eigenvalue weighted by molar-refractivity contribution is 4.83. The van der Waals surface area contributed by atoms with Crippen molar-refractivity contribution in [3.63, 3.8) is 0 Å². The molecule has 0 bridgehead atoms. The van der Waals surface area contributed by atoms with Crippen molar-refractivity contribution in [1.29, 1.82) is 0 Å². The Morgan fingerprint density at radius 3 is 2.25 bits per heavy atom. The maximum atomic E-state index is 9.93. The molecule has 0 atom stereocenters. The molecule has 2 nitrogen and oxygen atoms in total. The molecule has 0 heterocycles. The highest BCUT2D eigenvalue weighted by atomic mass is 16.3. The smallest absolute Gasteiger partial charge is 0.0647 e. The van der Waals surface area contributed by atoms with Crippen LogP contribution in [0.15, 0.2) is 0 Å². The quantitative estimate of drug-likeness (QED) is 0.621. The van der Waals surface area contributed by atoms with Crippen LogP contribution >= 0.6 is 0 Å². The number of aliphatic hydroxyl groups excluding tert-OH is 1. The van der Waals surface area contributed by atoms with Crippen LogP contribution in [-0.4, -0.2) is 22.4 Å². The molecule has 0 aliphatic heterocycles. The van der Waals surface area contributed by atoms with Gasteiger partial charge in [0.2, 0.25) is 0 Å². The van der Waals surface area contributed by atoms with E-state index in [0.29, 0.717) is 6.61 Å². The van der Waals surface area contributed by atoms with Crippen LogP contribution in [-0.2, 0) is 0 Å². The van der Waals surface area contributed by atoms with Gasteiger partial charge in [-0.2, -0.15) is 0 Å². The number of rotatable bonds is 5. The first-order valence-corrected chi connectivity index (χ1v) is 5.10. The minimum Gasteiger partial charge on any atom is -0.396 e. The van der Waals surface area contributed by atoms with Crippen molar-refractivity contribution in [2.24, 2.45) is 0 Å². The lowest BCUT2D eigenvalue weighted by molar-refractivity contribution is 0.0358. The Morgan fingerprint density at radius 2 is 1.67 bits per heavy atom. The standard InChI is InChI=1S/C10H20O2/c11-9-5-1-2-6-10(12)7-3-4-8-10/h11-12H,1-9H2. The Labute approximate surface area is 74.6 Å². The van der Waals surface area contributed by atoms with Crippen molar-refractivity contribution >= 4 is 0 Å². The number of aliphatic hydroxyl groups is 2. The third kappa shape index (κ3) is 3.11. The summed E-state index contributed by atoms with van der Waals surface area (Å²) in [7, 11) is 0. The number of hydrogen-bond donors (Lipinski definition) is 2. The van der Waals surface area contributed by atoms with Crippen LogP contribution in [0.25, 0.3) is 0 Å². The van der Waals surface area contributed by atoms with Crippen molar-refractivity contribution in [3.8, 4) is 0 Å². The summed E-state index contributed by atoms with van der Waals surface area (Å²) in [6.07, 6.45) is 8.31. The van der Waals surface area contributed by atoms with Gasteiger partial charge in [-0.05, 0) is 25.7 Å². The van der Waals surface area contributed by atoms with Crippen LogP contribution in [0.5, 0.6) is 0 Å². The summed E-state index contributed by atoms with van der Waals surface area (Å²) in [4.78, 5) is 0. The van der Waals surface area contributed by atoms with E-state index >= 15 is 0 Å². The third-order valence-electron chi connectivity index (χ3n) is 2.83. The Hall–Kier alpha value is -0.0800. The minimum absolute atomic E-state index is 0.290. The van der Waals surface area contributed by atoms with E-state index in [1.54, 1.807) is 0 Å². The first-order chi connectivity index (χ1) is 5.77. The molecule has 0 aromatic heterocycles. The second kappa shape index (κ2) is 4.83. The normalized spacial score (nSPS) is 21.5. The maximum absolute atomic E-state index is 9.93. The zero-order chi connectivity index (χ0) is 8.86. The van der Waals surface area contributed by atoms with Crippen LogP contribution in [0.4, 0.5) is 0 Å². The molecule has 0 unspecified atom stereocenters. The van der Waals surface area contributed by atoms with Gasteiger partial charge in [0.1, 0.15) is 0 Å². The fraction of sp³-hybridized carbons (Fsp3) is 1.00. The second-order valence-corrected chi connectivity index (χ2v) is 3.97. The summed E-state index contributed by atoms with van der Waals surface area (Å²) >= 11 is 0. The van der Waals surface area contributed by atoms with Crippen LogP contribution in [0.2, 0.25) is 0 Å². The molecule has 0 radical (unpaired) electrons. The van der Waals surface area contributed by atoms with E-state index in [9.17, 15) is 5.11 Å². The average molecular weight is 172 g/mol. The van der Waals surface area contributed by atoms with Crippen LogP contribution in [0.1, 0.15) is 51.4 Å². The molecule has 0 aromatic carbocycles. The molecule has 1 saturated carbocycles. The van der Waals surface area contributed by atoms with Crippen molar-refractivity contribution in [3.05, 3.63) is 0 Å². The molecule has 0 spiro atoms. The molecule has 1 aliphatic carbocycles. The van der Waals surface area contributed by atoms with Gasteiger partial charge in [-0.25, -0.2) is 0 Å². The molecule has 1 rings (SSSR count). The van der Waals surface area contributed by atoms with Gasteiger partial charge in [0.25, 0.3) is 0 Å². The SMILES string of the molecule is OCCCCCC1(O)CCCC1. The molecule has 2 N–H and O–H groups in total. The zero-order valence-corrected chi connectivity index (χ0v) is 7.76. The van der Waals surface area contributed by atoms with Crippen molar-refractivity contribution in [1.82, 2.24) is 0 Å². The summed E-state index contributed by atoms with van der Waals surface area (Å²) in [5.74, 6) is 0. The van der Waals surface area contributed by atoms with Gasteiger partial charge in [0.15, 0.2) is 0 Å². The largest absolute Gasteiger partial charge is 0.396 e. The average Bonchev–Trinajstić information content (AvgIpc) is 2.47. The van der Waals surface area contributed by atoms with E-state index in [4.69, 9.17) is 5.11 Å². The summed E-state index contributed by atoms with van der Waals surface area (Å²) in [6.45, 7) is 0.290. The van der Waals surface area contributed by atoms with Gasteiger partial charge in [-0.15, -0.1) is 0 Å².